The molecule has 2 unspecified atom stereocenters. The fourth-order valence-electron chi connectivity index (χ4n) is 1.88. The third kappa shape index (κ3) is 3.80. The second kappa shape index (κ2) is 7.06. The Bertz CT molecular complexity index is 501. The van der Waals surface area contributed by atoms with Crippen LogP contribution >= 0.6 is 22.9 Å². The molecule has 1 heterocycles. The highest BCUT2D eigenvalue weighted by molar-refractivity contribution is 7.10. The van der Waals surface area contributed by atoms with Crippen LogP contribution < -0.4 is 5.73 Å². The van der Waals surface area contributed by atoms with E-state index in [-0.39, 0.29) is 12.1 Å². The van der Waals surface area contributed by atoms with Gasteiger partial charge in [0, 0.05) is 15.9 Å². The first-order chi connectivity index (χ1) is 9.22. The largest absolute Gasteiger partial charge is 0.366 e. The van der Waals surface area contributed by atoms with Gasteiger partial charge in [0.1, 0.15) is 6.10 Å². The average molecular weight is 296 g/mol. The molecule has 0 fully saturated rings. The van der Waals surface area contributed by atoms with Crippen molar-refractivity contribution in [2.75, 3.05) is 0 Å². The number of ether oxygens (including phenoxy) is 1. The maximum atomic E-state index is 6.16. The van der Waals surface area contributed by atoms with Crippen LogP contribution in [0.2, 0.25) is 5.02 Å². The molecule has 2 nitrogen and oxygen atoms in total. The van der Waals surface area contributed by atoms with E-state index in [1.54, 1.807) is 11.3 Å². The van der Waals surface area contributed by atoms with E-state index in [1.165, 1.54) is 4.88 Å². The third-order valence-electron chi connectivity index (χ3n) is 3.06. The average Bonchev–Trinajstić information content (AvgIpc) is 2.94. The van der Waals surface area contributed by atoms with E-state index in [9.17, 15) is 0 Å². The minimum Gasteiger partial charge on any atom is -0.366 e. The number of benzene rings is 1. The molecule has 0 bridgehead atoms. The molecule has 1 aromatic carbocycles. The molecule has 0 aliphatic carbocycles. The van der Waals surface area contributed by atoms with E-state index in [1.807, 2.05) is 35.7 Å². The normalized spacial score (nSPS) is 14.3. The predicted octanol–water partition coefficient (Wildman–Crippen LogP) is 4.40. The Kier molecular flexibility index (Phi) is 5.40. The lowest BCUT2D eigenvalue weighted by molar-refractivity contribution is 0.0236. The third-order valence-corrected chi connectivity index (χ3v) is 4.36. The van der Waals surface area contributed by atoms with Gasteiger partial charge in [-0.1, -0.05) is 42.8 Å². The van der Waals surface area contributed by atoms with Crippen molar-refractivity contribution in [3.8, 4) is 0 Å². The van der Waals surface area contributed by atoms with Gasteiger partial charge >= 0.3 is 0 Å². The van der Waals surface area contributed by atoms with E-state index in [0.717, 1.165) is 17.0 Å². The van der Waals surface area contributed by atoms with Crippen LogP contribution in [0.1, 0.15) is 29.9 Å². The Morgan fingerprint density at radius 1 is 1.26 bits per heavy atom. The fourth-order valence-corrected chi connectivity index (χ4v) is 2.92. The minimum atomic E-state index is -0.0683. The highest BCUT2D eigenvalue weighted by Crippen LogP contribution is 2.28. The van der Waals surface area contributed by atoms with Crippen molar-refractivity contribution in [1.82, 2.24) is 0 Å². The van der Waals surface area contributed by atoms with Gasteiger partial charge in [-0.2, -0.15) is 0 Å². The zero-order chi connectivity index (χ0) is 13.7. The Balaban J connectivity index is 2.07. The maximum absolute atomic E-state index is 6.16. The summed E-state index contributed by atoms with van der Waals surface area (Å²) in [4.78, 5) is 1.17. The first kappa shape index (κ1) is 14.5. The van der Waals surface area contributed by atoms with Gasteiger partial charge in [-0.3, -0.25) is 0 Å². The Morgan fingerprint density at radius 3 is 2.68 bits per heavy atom. The monoisotopic (exact) mass is 295 g/mol. The predicted molar refractivity (Wildman–Crippen MR) is 81.6 cm³/mol. The summed E-state index contributed by atoms with van der Waals surface area (Å²) >= 11 is 7.81. The summed E-state index contributed by atoms with van der Waals surface area (Å²) < 4.78 is 6.01. The van der Waals surface area contributed by atoms with Crippen molar-refractivity contribution < 1.29 is 4.74 Å². The van der Waals surface area contributed by atoms with Crippen LogP contribution in [0.5, 0.6) is 0 Å². The second-order valence-corrected chi connectivity index (χ2v) is 5.80. The zero-order valence-corrected chi connectivity index (χ0v) is 12.5. The van der Waals surface area contributed by atoms with Gasteiger partial charge < -0.3 is 10.5 Å². The number of thiophene rings is 1. The summed E-state index contributed by atoms with van der Waals surface area (Å²) in [7, 11) is 0. The molecule has 0 saturated heterocycles. The van der Waals surface area contributed by atoms with Crippen LogP contribution in [0.4, 0.5) is 0 Å². The van der Waals surface area contributed by atoms with Crippen LogP contribution in [-0.2, 0) is 11.3 Å². The SMILES string of the molecule is CCC(N)C(OCc1ccccc1Cl)c1cccs1. The second-order valence-electron chi connectivity index (χ2n) is 4.41. The molecule has 2 atom stereocenters. The van der Waals surface area contributed by atoms with Crippen LogP contribution in [0.15, 0.2) is 41.8 Å². The number of nitrogens with two attached hydrogens (primary N) is 1. The quantitative estimate of drug-likeness (QED) is 0.857. The van der Waals surface area contributed by atoms with Gasteiger partial charge in [0.2, 0.25) is 0 Å². The molecule has 2 N–H and O–H groups in total. The molecule has 1 aromatic heterocycles. The summed E-state index contributed by atoms with van der Waals surface area (Å²) in [5, 5.41) is 2.78. The van der Waals surface area contributed by atoms with Crippen molar-refractivity contribution in [2.45, 2.75) is 32.1 Å². The summed E-state index contributed by atoms with van der Waals surface area (Å²) in [6.07, 6.45) is 0.812. The van der Waals surface area contributed by atoms with Crippen LogP contribution in [0, 0.1) is 0 Å². The molecule has 0 spiro atoms. The van der Waals surface area contributed by atoms with Crippen LogP contribution in [0.25, 0.3) is 0 Å². The Hall–Kier alpha value is -0.870. The summed E-state index contributed by atoms with van der Waals surface area (Å²) in [6.45, 7) is 2.56. The van der Waals surface area contributed by atoms with Gasteiger partial charge in [-0.05, 0) is 29.5 Å². The molecule has 2 aromatic rings. The van der Waals surface area contributed by atoms with Gasteiger partial charge in [0.15, 0.2) is 0 Å². The van der Waals surface area contributed by atoms with Crippen molar-refractivity contribution in [3.63, 3.8) is 0 Å². The first-order valence-corrected chi connectivity index (χ1v) is 7.62. The molecule has 4 heteroatoms. The highest BCUT2D eigenvalue weighted by Gasteiger charge is 2.20. The number of hydrogen-bond donors (Lipinski definition) is 1. The van der Waals surface area contributed by atoms with Crippen molar-refractivity contribution in [1.29, 1.82) is 0 Å². The summed E-state index contributed by atoms with van der Waals surface area (Å²) in [6, 6.07) is 11.8. The molecule has 102 valence electrons. The van der Waals surface area contributed by atoms with Gasteiger partial charge in [0.05, 0.1) is 6.61 Å². The summed E-state index contributed by atoms with van der Waals surface area (Å²) in [5.74, 6) is 0. The standard InChI is InChI=1S/C15H18ClNOS/c1-2-13(17)15(14-8-5-9-19-14)18-10-11-6-3-4-7-12(11)16/h3-9,13,15H,2,10,17H2,1H3. The molecule has 0 aliphatic heterocycles. The molecule has 0 aliphatic rings. The molecular formula is C15H18ClNOS. The van der Waals surface area contributed by atoms with Crippen molar-refractivity contribution in [3.05, 3.63) is 57.2 Å². The Labute approximate surface area is 123 Å². The smallest absolute Gasteiger partial charge is 0.107 e. The number of hydrogen-bond acceptors (Lipinski definition) is 3. The molecule has 19 heavy (non-hydrogen) atoms. The van der Waals surface area contributed by atoms with Gasteiger partial charge in [0.25, 0.3) is 0 Å². The molecule has 0 amide bonds. The zero-order valence-electron chi connectivity index (χ0n) is 10.9. The highest BCUT2D eigenvalue weighted by atomic mass is 35.5. The fraction of sp³-hybridized carbons (Fsp3) is 0.333. The van der Waals surface area contributed by atoms with E-state index in [0.29, 0.717) is 6.61 Å². The van der Waals surface area contributed by atoms with E-state index in [2.05, 4.69) is 13.0 Å². The van der Waals surface area contributed by atoms with Crippen molar-refractivity contribution >= 4 is 22.9 Å². The molecule has 0 radical (unpaired) electrons. The van der Waals surface area contributed by atoms with E-state index < -0.39 is 0 Å². The maximum Gasteiger partial charge on any atom is 0.107 e. The van der Waals surface area contributed by atoms with Crippen LogP contribution in [-0.4, -0.2) is 6.04 Å². The molecule has 0 saturated carbocycles. The molecular weight excluding hydrogens is 278 g/mol. The number of rotatable bonds is 6. The van der Waals surface area contributed by atoms with Gasteiger partial charge in [-0.15, -0.1) is 11.3 Å². The van der Waals surface area contributed by atoms with Crippen molar-refractivity contribution in [2.24, 2.45) is 5.73 Å². The first-order valence-electron chi connectivity index (χ1n) is 6.36. The van der Waals surface area contributed by atoms with Gasteiger partial charge in [-0.25, -0.2) is 0 Å². The minimum absolute atomic E-state index is 0.00105. The van der Waals surface area contributed by atoms with Crippen LogP contribution in [0.3, 0.4) is 0 Å². The lowest BCUT2D eigenvalue weighted by Crippen LogP contribution is -2.29. The topological polar surface area (TPSA) is 35.2 Å². The Morgan fingerprint density at radius 2 is 2.05 bits per heavy atom. The molecule has 2 rings (SSSR count). The lowest BCUT2D eigenvalue weighted by Gasteiger charge is -2.22. The summed E-state index contributed by atoms with van der Waals surface area (Å²) in [5.41, 5.74) is 7.15. The van der Waals surface area contributed by atoms with E-state index in [4.69, 9.17) is 22.1 Å². The van der Waals surface area contributed by atoms with E-state index >= 15 is 0 Å². The lowest BCUT2D eigenvalue weighted by atomic mass is 10.1. The number of halogens is 1.